The average molecular weight is 245 g/mol. The summed E-state index contributed by atoms with van der Waals surface area (Å²) >= 11 is 0. The Balaban J connectivity index is 0. The van der Waals surface area contributed by atoms with Gasteiger partial charge < -0.3 is 9.64 Å². The summed E-state index contributed by atoms with van der Waals surface area (Å²) in [5.74, 6) is 0.262. The molecule has 0 bridgehead atoms. The zero-order chi connectivity index (χ0) is 13.9. The maximum Gasteiger partial charge on any atom is 0.228 e. The van der Waals surface area contributed by atoms with E-state index < -0.39 is 0 Å². The molecule has 3 heteroatoms. The van der Waals surface area contributed by atoms with Crippen molar-refractivity contribution in [2.75, 3.05) is 26.3 Å². The van der Waals surface area contributed by atoms with Crippen molar-refractivity contribution in [3.05, 3.63) is 0 Å². The second kappa shape index (κ2) is 10.6. The molecule has 1 aliphatic rings. The third-order valence-electron chi connectivity index (χ3n) is 2.76. The zero-order valence-corrected chi connectivity index (χ0v) is 12.8. The van der Waals surface area contributed by atoms with Crippen LogP contribution in [-0.2, 0) is 9.53 Å². The van der Waals surface area contributed by atoms with Crippen molar-refractivity contribution in [1.29, 1.82) is 0 Å². The first-order chi connectivity index (χ1) is 8.08. The molecule has 1 rings (SSSR count). The summed E-state index contributed by atoms with van der Waals surface area (Å²) < 4.78 is 5.20. The summed E-state index contributed by atoms with van der Waals surface area (Å²) in [5.41, 5.74) is -0.211. The van der Waals surface area contributed by atoms with Crippen molar-refractivity contribution in [2.24, 2.45) is 5.41 Å². The van der Waals surface area contributed by atoms with E-state index in [0.29, 0.717) is 13.2 Å². The number of rotatable bonds is 2. The van der Waals surface area contributed by atoms with Crippen LogP contribution in [0.2, 0.25) is 0 Å². The number of amides is 1. The number of carbonyl (C=O) groups is 1. The van der Waals surface area contributed by atoms with Crippen LogP contribution in [0, 0.1) is 5.41 Å². The maximum absolute atomic E-state index is 11.9. The zero-order valence-electron chi connectivity index (χ0n) is 12.8. The van der Waals surface area contributed by atoms with Gasteiger partial charge in [-0.15, -0.1) is 0 Å². The van der Waals surface area contributed by atoms with E-state index in [2.05, 4.69) is 6.92 Å². The van der Waals surface area contributed by atoms with Gasteiger partial charge in [-0.05, 0) is 6.42 Å². The Labute approximate surface area is 108 Å². The van der Waals surface area contributed by atoms with Gasteiger partial charge in [0.05, 0.1) is 13.2 Å². The fourth-order valence-electron chi connectivity index (χ4n) is 1.35. The summed E-state index contributed by atoms with van der Waals surface area (Å²) in [4.78, 5) is 13.8. The second-order valence-electron chi connectivity index (χ2n) is 4.14. The van der Waals surface area contributed by atoms with Gasteiger partial charge in [-0.1, -0.05) is 48.5 Å². The van der Waals surface area contributed by atoms with E-state index in [4.69, 9.17) is 4.74 Å². The van der Waals surface area contributed by atoms with Crippen LogP contribution < -0.4 is 0 Å². The predicted molar refractivity (Wildman–Crippen MR) is 74.2 cm³/mol. The molecule has 1 aliphatic heterocycles. The Morgan fingerprint density at radius 2 is 1.53 bits per heavy atom. The van der Waals surface area contributed by atoms with Crippen LogP contribution in [0.25, 0.3) is 0 Å². The number of morpholine rings is 1. The molecule has 3 nitrogen and oxygen atoms in total. The summed E-state index contributed by atoms with van der Waals surface area (Å²) in [6, 6.07) is 0. The molecule has 0 aromatic heterocycles. The molecule has 1 amide bonds. The number of ether oxygens (including phenoxy) is 1. The molecule has 17 heavy (non-hydrogen) atoms. The molecular weight excluding hydrogens is 214 g/mol. The Morgan fingerprint density at radius 3 is 1.88 bits per heavy atom. The lowest BCUT2D eigenvalue weighted by molar-refractivity contribution is -0.144. The van der Waals surface area contributed by atoms with Crippen molar-refractivity contribution in [3.63, 3.8) is 0 Å². The van der Waals surface area contributed by atoms with Crippen molar-refractivity contribution in [2.45, 2.75) is 54.9 Å². The van der Waals surface area contributed by atoms with E-state index in [1.807, 2.05) is 46.4 Å². The first-order valence-corrected chi connectivity index (χ1v) is 6.95. The van der Waals surface area contributed by atoms with Gasteiger partial charge >= 0.3 is 0 Å². The Kier molecular flexibility index (Phi) is 11.7. The number of hydrogen-bond donors (Lipinski definition) is 0. The molecule has 0 aliphatic carbocycles. The van der Waals surface area contributed by atoms with Crippen LogP contribution in [0.4, 0.5) is 0 Å². The van der Waals surface area contributed by atoms with Crippen molar-refractivity contribution in [1.82, 2.24) is 4.90 Å². The van der Waals surface area contributed by atoms with Gasteiger partial charge in [-0.2, -0.15) is 0 Å². The monoisotopic (exact) mass is 245 g/mol. The fourth-order valence-corrected chi connectivity index (χ4v) is 1.35. The van der Waals surface area contributed by atoms with Gasteiger partial charge in [0.15, 0.2) is 0 Å². The summed E-state index contributed by atoms with van der Waals surface area (Å²) in [7, 11) is 0. The van der Waals surface area contributed by atoms with Crippen molar-refractivity contribution >= 4 is 5.91 Å². The van der Waals surface area contributed by atoms with Crippen LogP contribution in [0.1, 0.15) is 54.9 Å². The molecule has 0 unspecified atom stereocenters. The minimum atomic E-state index is -0.211. The number of nitrogens with zero attached hydrogens (tertiary/aromatic N) is 1. The van der Waals surface area contributed by atoms with Crippen LogP contribution in [0.5, 0.6) is 0 Å². The lowest BCUT2D eigenvalue weighted by atomic mass is 9.88. The highest BCUT2D eigenvalue weighted by atomic mass is 16.5. The smallest absolute Gasteiger partial charge is 0.228 e. The Morgan fingerprint density at radius 1 is 1.12 bits per heavy atom. The van der Waals surface area contributed by atoms with E-state index in [9.17, 15) is 4.79 Å². The third kappa shape index (κ3) is 6.67. The first-order valence-electron chi connectivity index (χ1n) is 6.95. The topological polar surface area (TPSA) is 29.5 Å². The molecule has 0 aromatic carbocycles. The lowest BCUT2D eigenvalue weighted by Crippen LogP contribution is -2.46. The van der Waals surface area contributed by atoms with Crippen LogP contribution in [0.3, 0.4) is 0 Å². The van der Waals surface area contributed by atoms with E-state index in [-0.39, 0.29) is 11.3 Å². The number of carbonyl (C=O) groups excluding carboxylic acids is 1. The highest BCUT2D eigenvalue weighted by Crippen LogP contribution is 2.23. The van der Waals surface area contributed by atoms with Crippen LogP contribution in [-0.4, -0.2) is 37.1 Å². The van der Waals surface area contributed by atoms with E-state index in [0.717, 1.165) is 19.5 Å². The number of hydrogen-bond acceptors (Lipinski definition) is 2. The second-order valence-corrected chi connectivity index (χ2v) is 4.14. The molecule has 1 saturated heterocycles. The van der Waals surface area contributed by atoms with E-state index >= 15 is 0 Å². The third-order valence-corrected chi connectivity index (χ3v) is 2.76. The predicted octanol–water partition coefficient (Wildman–Crippen LogP) is 3.33. The molecular formula is C14H31NO2. The average Bonchev–Trinajstić information content (AvgIpc) is 2.43. The lowest BCUT2D eigenvalue weighted by Gasteiger charge is -2.33. The quantitative estimate of drug-likeness (QED) is 0.747. The highest BCUT2D eigenvalue weighted by molar-refractivity contribution is 5.81. The summed E-state index contributed by atoms with van der Waals surface area (Å²) in [5, 5.41) is 0. The minimum absolute atomic E-state index is 0.211. The maximum atomic E-state index is 11.9. The van der Waals surface area contributed by atoms with Gasteiger partial charge in [-0.3, -0.25) is 4.79 Å². The first kappa shape index (κ1) is 18.8. The minimum Gasteiger partial charge on any atom is -0.378 e. The fraction of sp³-hybridized carbons (Fsp3) is 0.929. The molecule has 0 atom stereocenters. The Bertz CT molecular complexity index is 185. The van der Waals surface area contributed by atoms with Gasteiger partial charge in [0, 0.05) is 18.5 Å². The van der Waals surface area contributed by atoms with Crippen LogP contribution in [0.15, 0.2) is 0 Å². The summed E-state index contributed by atoms with van der Waals surface area (Å²) in [6.45, 7) is 16.9. The molecule has 0 aromatic rings. The van der Waals surface area contributed by atoms with Gasteiger partial charge in [0.1, 0.15) is 0 Å². The molecule has 1 heterocycles. The van der Waals surface area contributed by atoms with Crippen LogP contribution >= 0.6 is 0 Å². The van der Waals surface area contributed by atoms with E-state index in [1.165, 1.54) is 0 Å². The molecule has 0 N–H and O–H groups in total. The van der Waals surface area contributed by atoms with Crippen molar-refractivity contribution < 1.29 is 9.53 Å². The van der Waals surface area contributed by atoms with Gasteiger partial charge in [-0.25, -0.2) is 0 Å². The molecule has 1 fully saturated rings. The Hall–Kier alpha value is -0.570. The summed E-state index contributed by atoms with van der Waals surface area (Å²) in [6.07, 6.45) is 0.892. The molecule has 0 spiro atoms. The largest absolute Gasteiger partial charge is 0.378 e. The molecule has 0 saturated carbocycles. The molecule has 104 valence electrons. The standard InChI is InChI=1S/C10H19NO2.2C2H6/c1-4-10(2,3)9(12)11-5-7-13-8-6-11;2*1-2/h4-8H2,1-3H3;2*1-2H3. The normalized spacial score (nSPS) is 15.1. The van der Waals surface area contributed by atoms with Crippen molar-refractivity contribution in [3.8, 4) is 0 Å². The van der Waals surface area contributed by atoms with E-state index in [1.54, 1.807) is 0 Å². The van der Waals surface area contributed by atoms with Gasteiger partial charge in [0.2, 0.25) is 5.91 Å². The molecule has 0 radical (unpaired) electrons. The highest BCUT2D eigenvalue weighted by Gasteiger charge is 2.30. The van der Waals surface area contributed by atoms with Gasteiger partial charge in [0.25, 0.3) is 0 Å². The SMILES string of the molecule is CC.CC.CCC(C)(C)C(=O)N1CCOCC1.